The lowest BCUT2D eigenvalue weighted by atomic mass is 10.0. The summed E-state index contributed by atoms with van der Waals surface area (Å²) in [4.78, 5) is 54.6. The fourth-order valence-corrected chi connectivity index (χ4v) is 22.5. The van der Waals surface area contributed by atoms with Gasteiger partial charge in [0.25, 0.3) is 0 Å². The van der Waals surface area contributed by atoms with Gasteiger partial charge >= 0.3 is 0 Å². The van der Waals surface area contributed by atoms with Gasteiger partial charge in [-0.2, -0.15) is 25.5 Å². The Bertz CT molecular complexity index is 7850. The molecule has 20 aromatic rings. The van der Waals surface area contributed by atoms with E-state index in [2.05, 4.69) is 149 Å². The molecule has 36 nitrogen and oxygen atoms in total. The number of para-hydroxylation sites is 2. The van der Waals surface area contributed by atoms with Crippen molar-refractivity contribution in [2.24, 2.45) is 21.1 Å². The molecule has 0 unspecified atom stereocenters. The van der Waals surface area contributed by atoms with Crippen LogP contribution in [-0.2, 0) is 37.2 Å². The van der Waals surface area contributed by atoms with Gasteiger partial charge in [0.05, 0.1) is 210 Å². The van der Waals surface area contributed by atoms with Gasteiger partial charge < -0.3 is 78.9 Å². The minimum Gasteiger partial charge on any atom is -0.496 e. The van der Waals surface area contributed by atoms with Gasteiger partial charge in [0, 0.05) is 182 Å². The van der Waals surface area contributed by atoms with Gasteiger partial charge in [-0.3, -0.25) is 23.4 Å². The molecule has 2 atom stereocenters. The van der Waals surface area contributed by atoms with Gasteiger partial charge in [-0.25, -0.2) is 49.8 Å². The highest BCUT2D eigenvalue weighted by Gasteiger charge is 2.28. The average Bonchev–Trinajstić information content (AvgIpc) is 1.65. The third-order valence-corrected chi connectivity index (χ3v) is 30.0. The smallest absolute Gasteiger partial charge is 0.227 e. The summed E-state index contributed by atoms with van der Waals surface area (Å²) in [7, 11) is 14.0. The lowest BCUT2D eigenvalue weighted by molar-refractivity contribution is 0.141. The molecule has 18 heterocycles. The highest BCUT2D eigenvalue weighted by atomic mass is 32.1. The summed E-state index contributed by atoms with van der Waals surface area (Å²) in [6.07, 6.45) is 32.0. The predicted octanol–water partition coefficient (Wildman–Crippen LogP) is 23.1. The summed E-state index contributed by atoms with van der Waals surface area (Å²) < 4.78 is 71.4. The summed E-state index contributed by atoms with van der Waals surface area (Å²) in [5.41, 5.74) is 19.2. The lowest BCUT2D eigenvalue weighted by Crippen LogP contribution is -2.38. The summed E-state index contributed by atoms with van der Waals surface area (Å²) >= 11 is 8.40. The second kappa shape index (κ2) is 46.1. The minimum absolute atomic E-state index is 0.0909. The second-order valence-corrected chi connectivity index (χ2v) is 41.8. The van der Waals surface area contributed by atoms with Crippen molar-refractivity contribution in [2.75, 3.05) is 115 Å². The molecule has 762 valence electrons. The number of aromatic nitrogens is 20. The standard InChI is InChI=1S/C24H28N6O2S.2C22H23N5O3S.C20H21N5OS.C19H19N5OS/c1-16-22(23-21(33-16)14-25-24(28-23)27-17-13-26-29(2)15-17)19-7-6-18(12-20(19)31-3)32-11-5-10-30-8-4-9-30;2*1-13-20(17-5-4-15(8-18(17)28-3)30-16-6-7-29-12-16)21-19(31-13)10-23-22(26-21)25-14-9-24-27(2)11-14;1-12(2)25-11-14(9-22-25)23-20-21-10-17-19(24-20)18(13(3)27-17)15-7-5-6-8-16(15)26-4;1-4-24-11-13(9-21-24)22-19-20-10-16-18(23-19)17(12(2)26-16)14-7-5-6-8-15(14)25-3/h6-7,12-15H,4-5,8-11H2,1-3H3,(H,25,27,28);2*4-5,8-11,16H,6-7,12H2,1-3H3,(H,23,25,26);5-12H,1-4H3,(H,21,23,24);5-11H,4H2,1-3H3,(H,20,22,23)/t;2*16-;;/m.10../s1. The van der Waals surface area contributed by atoms with Crippen molar-refractivity contribution in [3.8, 4) is 102 Å². The normalized spacial score (nSPS) is 13.8. The molecule has 0 bridgehead atoms. The van der Waals surface area contributed by atoms with E-state index in [1.807, 2.05) is 184 Å². The van der Waals surface area contributed by atoms with Crippen molar-refractivity contribution in [2.45, 2.75) is 106 Å². The molecule has 15 aromatic heterocycles. The Labute approximate surface area is 874 Å². The van der Waals surface area contributed by atoms with Gasteiger partial charge in [0.1, 0.15) is 58.2 Å². The maximum absolute atomic E-state index is 6.05. The summed E-state index contributed by atoms with van der Waals surface area (Å²) in [5, 5.41) is 37.3. The quantitative estimate of drug-likeness (QED) is 0.0252. The van der Waals surface area contributed by atoms with E-state index in [1.54, 1.807) is 137 Å². The van der Waals surface area contributed by atoms with Crippen molar-refractivity contribution in [3.05, 3.63) is 220 Å². The van der Waals surface area contributed by atoms with Crippen LogP contribution in [0.5, 0.6) is 46.0 Å². The maximum Gasteiger partial charge on any atom is 0.227 e. The SMILES string of the molecule is CCn1cc(Nc2ncc3sc(C)c(-c4ccccc4OC)c3n2)cn1.COc1cc(OCCCN2CCC2)ccc1-c1c(C)sc2cnc(Nc3cnn(C)c3)nc12.COc1cc(O[C@@H]2CCOC2)ccc1-c1c(C)sc2cnc(Nc3cnn(C)c3)nc12.COc1cc(O[C@H]2CCOC2)ccc1-c1c(C)sc2cnc(Nc3cnn(C)c3)nc12.COc1ccccc1-c1c(C)sc2cnc(Nc3cnn(C(C)C)c3)nc12. The van der Waals surface area contributed by atoms with Crippen LogP contribution < -0.4 is 64.5 Å². The zero-order chi connectivity index (χ0) is 103. The maximum atomic E-state index is 6.05. The van der Waals surface area contributed by atoms with E-state index in [1.165, 1.54) is 34.1 Å². The number of ether oxygens (including phenoxy) is 10. The first-order chi connectivity index (χ1) is 72.1. The van der Waals surface area contributed by atoms with Gasteiger partial charge in [-0.15, -0.1) is 56.7 Å². The molecule has 5 aromatic carbocycles. The zero-order valence-electron chi connectivity index (χ0n) is 84.9. The fraction of sp³-hybridized carbons (Fsp3) is 0.299. The topological polar surface area (TPSA) is 374 Å². The Kier molecular flexibility index (Phi) is 31.6. The van der Waals surface area contributed by atoms with E-state index >= 15 is 0 Å². The van der Waals surface area contributed by atoms with Gasteiger partial charge in [-0.05, 0) is 130 Å². The Morgan fingerprint density at radius 1 is 0.378 bits per heavy atom. The Hall–Kier alpha value is -15.4. The van der Waals surface area contributed by atoms with Crippen LogP contribution in [0.3, 0.4) is 0 Å². The third kappa shape index (κ3) is 23.3. The second-order valence-electron chi connectivity index (χ2n) is 35.5. The minimum atomic E-state index is 0.0909. The van der Waals surface area contributed by atoms with E-state index in [0.29, 0.717) is 55.6 Å². The van der Waals surface area contributed by atoms with Crippen LogP contribution in [-0.4, -0.2) is 204 Å². The summed E-state index contributed by atoms with van der Waals surface area (Å²) in [5.74, 6) is 9.04. The molecule has 3 aliphatic heterocycles. The molecule has 5 N–H and O–H groups in total. The molecular formula is C107H114N26O10S5. The molecule has 3 saturated heterocycles. The number of fused-ring (bicyclic) bond motifs is 5. The van der Waals surface area contributed by atoms with Crippen LogP contribution in [0.25, 0.3) is 107 Å². The van der Waals surface area contributed by atoms with E-state index in [4.69, 9.17) is 72.3 Å². The molecule has 0 aliphatic carbocycles. The van der Waals surface area contributed by atoms with E-state index < -0.39 is 0 Å². The number of nitrogens with one attached hydrogen (secondary N) is 5. The van der Waals surface area contributed by atoms with E-state index in [-0.39, 0.29) is 12.2 Å². The van der Waals surface area contributed by atoms with Crippen molar-refractivity contribution in [3.63, 3.8) is 0 Å². The van der Waals surface area contributed by atoms with Crippen LogP contribution in [0.1, 0.15) is 76.9 Å². The van der Waals surface area contributed by atoms with Crippen molar-refractivity contribution >= 4 is 166 Å². The van der Waals surface area contributed by atoms with Crippen LogP contribution in [0, 0.1) is 34.6 Å². The first kappa shape index (κ1) is 101. The first-order valence-electron chi connectivity index (χ1n) is 48.4. The number of likely N-dealkylation sites (tertiary alicyclic amines) is 1. The predicted molar refractivity (Wildman–Crippen MR) is 588 cm³/mol. The Morgan fingerprint density at radius 3 is 1.01 bits per heavy atom. The number of anilines is 10. The van der Waals surface area contributed by atoms with Gasteiger partial charge in [-0.1, -0.05) is 36.4 Å². The summed E-state index contributed by atoms with van der Waals surface area (Å²) in [6.45, 7) is 24.5. The Balaban J connectivity index is 0.000000117. The molecule has 3 fully saturated rings. The number of methoxy groups -OCH3 is 5. The van der Waals surface area contributed by atoms with Gasteiger partial charge in [0.15, 0.2) is 0 Å². The molecule has 148 heavy (non-hydrogen) atoms. The lowest BCUT2D eigenvalue weighted by Gasteiger charge is -2.30. The average molecular weight is 2080 g/mol. The number of thiophene rings is 5. The highest BCUT2D eigenvalue weighted by Crippen LogP contribution is 2.49. The molecule has 0 spiro atoms. The Morgan fingerprint density at radius 2 is 0.703 bits per heavy atom. The van der Waals surface area contributed by atoms with Gasteiger partial charge in [0.2, 0.25) is 29.7 Å². The zero-order valence-corrected chi connectivity index (χ0v) is 89.0. The van der Waals surface area contributed by atoms with Crippen molar-refractivity contribution < 1.29 is 47.4 Å². The molecule has 0 radical (unpaired) electrons. The number of aryl methyl sites for hydroxylation is 9. The highest BCUT2D eigenvalue weighted by molar-refractivity contribution is 7.21. The number of nitrogens with zero attached hydrogens (tertiary/aromatic N) is 21. The monoisotopic (exact) mass is 2080 g/mol. The van der Waals surface area contributed by atoms with Crippen molar-refractivity contribution in [1.29, 1.82) is 0 Å². The third-order valence-electron chi connectivity index (χ3n) is 24.8. The van der Waals surface area contributed by atoms with E-state index in [0.717, 1.165) is 236 Å². The summed E-state index contributed by atoms with van der Waals surface area (Å²) in [6, 6.07) is 34.3. The largest absolute Gasteiger partial charge is 0.496 e. The molecule has 0 saturated carbocycles. The number of hydrogen-bond donors (Lipinski definition) is 5. The van der Waals surface area contributed by atoms with Crippen LogP contribution in [0.4, 0.5) is 58.2 Å². The van der Waals surface area contributed by atoms with Crippen LogP contribution >= 0.6 is 56.7 Å². The first-order valence-corrected chi connectivity index (χ1v) is 52.5. The van der Waals surface area contributed by atoms with E-state index in [9.17, 15) is 0 Å². The van der Waals surface area contributed by atoms with Crippen LogP contribution in [0.2, 0.25) is 0 Å². The molecule has 41 heteroatoms. The van der Waals surface area contributed by atoms with Crippen LogP contribution in [0.15, 0.2) is 196 Å². The molecular weight excluding hydrogens is 1970 g/mol. The number of benzene rings is 5. The fourth-order valence-electron chi connectivity index (χ4n) is 17.6. The number of hydrogen-bond acceptors (Lipinski definition) is 36. The molecule has 0 amide bonds. The van der Waals surface area contributed by atoms with Crippen molar-refractivity contribution in [1.82, 2.24) is 104 Å². The molecule has 23 rings (SSSR count). The molecule has 3 aliphatic rings. The number of rotatable bonds is 31.